The van der Waals surface area contributed by atoms with Gasteiger partial charge in [-0.3, -0.25) is 0 Å². The fraction of sp³-hybridized carbons (Fsp3) is 0. The molecule has 1 nitrogen and oxygen atoms in total. The van der Waals surface area contributed by atoms with Gasteiger partial charge in [-0.1, -0.05) is 18.2 Å². The van der Waals surface area contributed by atoms with Gasteiger partial charge in [0, 0.05) is 0 Å². The third-order valence-electron chi connectivity index (χ3n) is 2.94. The number of fused-ring (bicyclic) bond motifs is 2. The minimum absolute atomic E-state index is 0. The Hall–Kier alpha value is -0.899. The van der Waals surface area contributed by atoms with Crippen LogP contribution in [0.3, 0.4) is 0 Å². The smallest absolute Gasteiger partial charge is 0.0745 e. The summed E-state index contributed by atoms with van der Waals surface area (Å²) in [6.45, 7) is 0. The summed E-state index contributed by atoms with van der Waals surface area (Å²) >= 11 is 1.81. The number of benzene rings is 2. The third-order valence-corrected chi connectivity index (χ3v) is 2.94. The molecule has 1 heterocycles. The van der Waals surface area contributed by atoms with Crippen molar-refractivity contribution in [3.63, 3.8) is 0 Å². The zero-order chi connectivity index (χ0) is 14.2. The van der Waals surface area contributed by atoms with E-state index in [1.807, 2.05) is 24.3 Å². The largest absolute Gasteiger partial charge is 0.477 e. The first-order chi connectivity index (χ1) is 9.93. The summed E-state index contributed by atoms with van der Waals surface area (Å²) in [5.74, 6) is 0. The Morgan fingerprint density at radius 3 is 1.96 bits per heavy atom. The van der Waals surface area contributed by atoms with Crippen molar-refractivity contribution >= 4 is 54.1 Å². The van der Waals surface area contributed by atoms with Gasteiger partial charge in [-0.2, -0.15) is 29.0 Å². The van der Waals surface area contributed by atoms with E-state index >= 15 is 0 Å². The third kappa shape index (κ3) is 9.39. The number of rotatable bonds is 0. The molecule has 1 aromatic heterocycles. The van der Waals surface area contributed by atoms with E-state index in [1.54, 1.807) is 19.2 Å². The average molecular weight is 425 g/mol. The zero-order valence-electron chi connectivity index (χ0n) is 14.7. The summed E-state index contributed by atoms with van der Waals surface area (Å²) in [7, 11) is 2.97. The van der Waals surface area contributed by atoms with Gasteiger partial charge in [-0.15, -0.1) is 78.3 Å². The van der Waals surface area contributed by atoms with E-state index in [-0.39, 0.29) is 47.1 Å². The topological polar surface area (TPSA) is 15.8 Å². The molecule has 0 saturated carbocycles. The molecule has 3 aromatic carbocycles. The van der Waals surface area contributed by atoms with Crippen LogP contribution in [-0.2, 0) is 19.2 Å². The van der Waals surface area contributed by atoms with Crippen molar-refractivity contribution in [1.29, 1.82) is 0 Å². The molecule has 0 fully saturated rings. The molecule has 0 atom stereocenters. The SMILES string of the molecule is Cl.Cl.[CH3-].[CH3-].[CH3-].[Si]=[Ti].[c-]1cc2ccccc2[nH]1.c1ccc2[cH-]ccc2c1. The molecule has 4 rings (SSSR count). The molecule has 0 unspecified atom stereocenters. The van der Waals surface area contributed by atoms with Crippen molar-refractivity contribution in [2.75, 3.05) is 0 Å². The Balaban J connectivity index is -0.000000136. The number of aromatic nitrogens is 1. The first-order valence-electron chi connectivity index (χ1n) is 6.23. The van der Waals surface area contributed by atoms with Gasteiger partial charge in [0.25, 0.3) is 0 Å². The fourth-order valence-corrected chi connectivity index (χ4v) is 2.00. The van der Waals surface area contributed by atoms with Crippen LogP contribution in [0.5, 0.6) is 0 Å². The van der Waals surface area contributed by atoms with Crippen LogP contribution in [0, 0.1) is 28.5 Å². The van der Waals surface area contributed by atoms with Gasteiger partial charge in [-0.05, 0) is 0 Å². The van der Waals surface area contributed by atoms with E-state index in [4.69, 9.17) is 0 Å². The summed E-state index contributed by atoms with van der Waals surface area (Å²) in [5.41, 5.74) is 1.15. The maximum Gasteiger partial charge on any atom is -0.0745 e. The van der Waals surface area contributed by atoms with Gasteiger partial charge in [0.1, 0.15) is 0 Å². The Morgan fingerprint density at radius 1 is 0.800 bits per heavy atom. The molecule has 136 valence electrons. The van der Waals surface area contributed by atoms with E-state index in [9.17, 15) is 0 Å². The molecule has 25 heavy (non-hydrogen) atoms. The second-order valence-electron chi connectivity index (χ2n) is 4.16. The monoisotopic (exact) mass is 424 g/mol. The quantitative estimate of drug-likeness (QED) is 0.250. The molecule has 4 aromatic rings. The summed E-state index contributed by atoms with van der Waals surface area (Å²) in [6, 6.07) is 24.7. The number of aromatic amines is 1. The molecule has 0 aliphatic rings. The molecular formula is C20H24Cl2NSiTi-5. The summed E-state index contributed by atoms with van der Waals surface area (Å²) in [6.07, 6.45) is 2.91. The molecule has 5 heteroatoms. The molecule has 0 aliphatic heterocycles. The van der Waals surface area contributed by atoms with Crippen LogP contribution in [0.1, 0.15) is 0 Å². The molecule has 0 spiro atoms. The maximum atomic E-state index is 2.99. The molecular weight excluding hydrogens is 401 g/mol. The predicted octanol–water partition coefficient (Wildman–Crippen LogP) is 6.34. The Labute approximate surface area is 178 Å². The normalized spacial score (nSPS) is 7.48. The fourth-order valence-electron chi connectivity index (χ4n) is 2.00. The molecule has 0 amide bonds. The molecule has 0 bridgehead atoms. The van der Waals surface area contributed by atoms with Crippen LogP contribution >= 0.6 is 24.8 Å². The van der Waals surface area contributed by atoms with Gasteiger partial charge in [-0.25, -0.2) is 0 Å². The van der Waals surface area contributed by atoms with Gasteiger partial charge in [0.15, 0.2) is 0 Å². The number of halogens is 2. The van der Waals surface area contributed by atoms with Crippen molar-refractivity contribution in [2.24, 2.45) is 0 Å². The summed E-state index contributed by atoms with van der Waals surface area (Å²) in [4.78, 5) is 2.99. The van der Waals surface area contributed by atoms with Gasteiger partial charge >= 0.3 is 26.8 Å². The van der Waals surface area contributed by atoms with Crippen molar-refractivity contribution < 1.29 is 19.2 Å². The number of H-pyrrole nitrogens is 1. The van der Waals surface area contributed by atoms with E-state index in [2.05, 4.69) is 67.3 Å². The summed E-state index contributed by atoms with van der Waals surface area (Å²) in [5, 5.41) is 3.88. The Kier molecular flexibility index (Phi) is 22.8. The Bertz CT molecular complexity index is 657. The minimum Gasteiger partial charge on any atom is -0.477 e. The van der Waals surface area contributed by atoms with Crippen molar-refractivity contribution in [2.45, 2.75) is 0 Å². The van der Waals surface area contributed by atoms with E-state index in [1.165, 1.54) is 16.2 Å². The van der Waals surface area contributed by atoms with Crippen LogP contribution < -0.4 is 0 Å². The van der Waals surface area contributed by atoms with Crippen LogP contribution in [0.2, 0.25) is 0 Å². The molecule has 2 radical (unpaired) electrons. The first-order valence-corrected chi connectivity index (χ1v) is 9.07. The number of hydrogen-bond donors (Lipinski definition) is 1. The zero-order valence-corrected chi connectivity index (χ0v) is 18.9. The number of nitrogens with one attached hydrogen (secondary N) is 1. The summed E-state index contributed by atoms with van der Waals surface area (Å²) < 4.78 is 0. The molecule has 0 aliphatic carbocycles. The number of para-hydroxylation sites is 1. The minimum atomic E-state index is 0. The van der Waals surface area contributed by atoms with Gasteiger partial charge in [0.05, 0.1) is 0 Å². The van der Waals surface area contributed by atoms with E-state index < -0.39 is 0 Å². The van der Waals surface area contributed by atoms with E-state index in [0.29, 0.717) is 0 Å². The molecule has 0 saturated heterocycles. The Morgan fingerprint density at radius 2 is 1.36 bits per heavy atom. The van der Waals surface area contributed by atoms with E-state index in [0.717, 1.165) is 5.52 Å². The van der Waals surface area contributed by atoms with Gasteiger partial charge < -0.3 is 27.3 Å². The van der Waals surface area contributed by atoms with Crippen LogP contribution in [0.4, 0.5) is 0 Å². The molecule has 1 N–H and O–H groups in total. The van der Waals surface area contributed by atoms with Crippen molar-refractivity contribution in [3.8, 4) is 0 Å². The van der Waals surface area contributed by atoms with Crippen molar-refractivity contribution in [3.05, 3.63) is 101 Å². The second kappa shape index (κ2) is 17.9. The second-order valence-corrected chi connectivity index (χ2v) is 4.16. The maximum absolute atomic E-state index is 2.99. The first kappa shape index (κ1) is 31.8. The van der Waals surface area contributed by atoms with Crippen LogP contribution in [0.25, 0.3) is 21.7 Å². The van der Waals surface area contributed by atoms with Crippen molar-refractivity contribution in [1.82, 2.24) is 4.98 Å². The predicted molar refractivity (Wildman–Crippen MR) is 116 cm³/mol. The van der Waals surface area contributed by atoms with Crippen LogP contribution in [-0.4, -0.2) is 12.6 Å². The average Bonchev–Trinajstić information content (AvgIpc) is 3.18. The standard InChI is InChI=1S/C9H7.C8H6N.3CH3.2ClH.Si.Ti/c1-2-5-9-7-3-6-8(9)4-1;1-2-4-8-7(3-1)5-6-9-8;;;;;;;/h1-7H;1-5,9H;3*1H3;2*1H;;/q5*-1;;;;. The van der Waals surface area contributed by atoms with Crippen LogP contribution in [0.15, 0.2) is 72.8 Å². The number of hydrogen-bond acceptors (Lipinski definition) is 0. The van der Waals surface area contributed by atoms with Gasteiger partial charge in [0.2, 0.25) is 0 Å².